The molecule has 0 radical (unpaired) electrons. The lowest BCUT2D eigenvalue weighted by Gasteiger charge is -2.26. The molecule has 5 rings (SSSR count). The Hall–Kier alpha value is -3.35. The molecule has 0 bridgehead atoms. The van der Waals surface area contributed by atoms with E-state index < -0.39 is 17.3 Å². The van der Waals surface area contributed by atoms with Crippen molar-refractivity contribution in [3.8, 4) is 11.5 Å². The zero-order chi connectivity index (χ0) is 27.6. The lowest BCUT2D eigenvalue weighted by molar-refractivity contribution is -0.173. The molecule has 3 aromatic rings. The Morgan fingerprint density at radius 1 is 1.13 bits per heavy atom. The van der Waals surface area contributed by atoms with Gasteiger partial charge < -0.3 is 18.9 Å². The van der Waals surface area contributed by atoms with Crippen molar-refractivity contribution < 1.29 is 23.0 Å². The summed E-state index contributed by atoms with van der Waals surface area (Å²) in [6, 6.07) is 8.24. The Morgan fingerprint density at radius 3 is 2.45 bits per heavy atom. The lowest BCUT2D eigenvalue weighted by Crippen LogP contribution is -2.37. The first-order valence-electron chi connectivity index (χ1n) is 13.3. The molecule has 7 heteroatoms. The summed E-state index contributed by atoms with van der Waals surface area (Å²) in [4.78, 5) is 15.2. The fourth-order valence-electron chi connectivity index (χ4n) is 5.34. The fourth-order valence-corrected chi connectivity index (χ4v) is 5.34. The van der Waals surface area contributed by atoms with E-state index in [-0.39, 0.29) is 22.8 Å². The van der Waals surface area contributed by atoms with Crippen molar-refractivity contribution in [2.75, 3.05) is 11.9 Å². The maximum atomic E-state index is 15.7. The summed E-state index contributed by atoms with van der Waals surface area (Å²) >= 11 is 0. The quantitative estimate of drug-likeness (QED) is 0.287. The van der Waals surface area contributed by atoms with Crippen molar-refractivity contribution in [3.63, 3.8) is 0 Å². The second-order valence-corrected chi connectivity index (χ2v) is 11.5. The highest BCUT2D eigenvalue weighted by atomic mass is 19.2. The zero-order valence-electron chi connectivity index (χ0n) is 23.1. The van der Waals surface area contributed by atoms with Crippen LogP contribution in [0.15, 0.2) is 48.6 Å². The number of amides is 1. The zero-order valence-corrected chi connectivity index (χ0v) is 23.1. The van der Waals surface area contributed by atoms with Crippen LogP contribution in [0.4, 0.5) is 14.5 Å². The van der Waals surface area contributed by atoms with E-state index >= 15 is 4.39 Å². The highest BCUT2D eigenvalue weighted by Crippen LogP contribution is 2.53. The predicted molar refractivity (Wildman–Crippen MR) is 146 cm³/mol. The summed E-state index contributed by atoms with van der Waals surface area (Å²) in [7, 11) is 1.62. The van der Waals surface area contributed by atoms with Crippen LogP contribution in [-0.2, 0) is 22.2 Å². The summed E-state index contributed by atoms with van der Waals surface area (Å²) in [6.45, 7) is 14.6. The molecule has 2 aliphatic rings. The number of carbonyl (C=O) groups is 1. The molecule has 38 heavy (non-hydrogen) atoms. The van der Waals surface area contributed by atoms with Crippen molar-refractivity contribution in [3.05, 3.63) is 65.6 Å². The van der Waals surface area contributed by atoms with Gasteiger partial charge in [0.25, 0.3) is 0 Å². The van der Waals surface area contributed by atoms with Crippen molar-refractivity contribution in [2.45, 2.75) is 83.7 Å². The third-order valence-electron chi connectivity index (χ3n) is 8.34. The van der Waals surface area contributed by atoms with Crippen molar-refractivity contribution >= 4 is 22.5 Å². The van der Waals surface area contributed by atoms with Gasteiger partial charge in [-0.15, -0.1) is 0 Å². The van der Waals surface area contributed by atoms with Gasteiger partial charge in [-0.25, -0.2) is 4.39 Å². The van der Waals surface area contributed by atoms with Gasteiger partial charge in [-0.05, 0) is 55.5 Å². The van der Waals surface area contributed by atoms with Crippen LogP contribution < -0.4 is 14.4 Å². The molecule has 1 atom stereocenters. The largest absolute Gasteiger partial charge is 0.423 e. The molecule has 1 aromatic heterocycles. The van der Waals surface area contributed by atoms with Crippen LogP contribution in [0.25, 0.3) is 10.9 Å². The van der Waals surface area contributed by atoms with Gasteiger partial charge in [0.05, 0.1) is 16.6 Å². The van der Waals surface area contributed by atoms with Crippen LogP contribution >= 0.6 is 0 Å². The van der Waals surface area contributed by atoms with Crippen LogP contribution in [-0.4, -0.2) is 23.6 Å². The number of rotatable bonds is 8. The normalized spacial score (nSPS) is 19.6. The van der Waals surface area contributed by atoms with Gasteiger partial charge in [-0.1, -0.05) is 45.9 Å². The SMILES string of the molecule is C=C(CC)Cn1c(C(C)(C)CC)cc2cc(N(C)C(=O)C3(c4ccc5c(c4)OC(C)(F)O5)CC3)c(F)cc21. The maximum absolute atomic E-state index is 15.7. The molecule has 1 aliphatic heterocycles. The summed E-state index contributed by atoms with van der Waals surface area (Å²) in [5.74, 6) is -0.0910. The number of likely N-dealkylation sites (N-methyl/N-ethyl adjacent to an activating group) is 1. The molecule has 2 heterocycles. The fraction of sp³-hybridized carbons (Fsp3) is 0.452. The number of hydrogen-bond donors (Lipinski definition) is 0. The van der Waals surface area contributed by atoms with E-state index in [1.54, 1.807) is 31.3 Å². The van der Waals surface area contributed by atoms with E-state index in [0.29, 0.717) is 30.7 Å². The molecule has 0 spiro atoms. The van der Waals surface area contributed by atoms with E-state index in [0.717, 1.165) is 35.0 Å². The summed E-state index contributed by atoms with van der Waals surface area (Å²) < 4.78 is 42.4. The molecule has 0 N–H and O–H groups in total. The number of hydrogen-bond acceptors (Lipinski definition) is 3. The third-order valence-corrected chi connectivity index (χ3v) is 8.34. The Labute approximate surface area is 223 Å². The first-order chi connectivity index (χ1) is 17.8. The Bertz CT molecular complexity index is 1450. The molecule has 1 saturated carbocycles. The average Bonchev–Trinajstić information content (AvgIpc) is 3.52. The van der Waals surface area contributed by atoms with Gasteiger partial charge in [0.1, 0.15) is 5.82 Å². The summed E-state index contributed by atoms with van der Waals surface area (Å²) in [5, 5.41) is 0.886. The van der Waals surface area contributed by atoms with E-state index in [4.69, 9.17) is 9.47 Å². The molecule has 1 amide bonds. The minimum Gasteiger partial charge on any atom is -0.423 e. The maximum Gasteiger partial charge on any atom is 0.404 e. The standard InChI is InChI=1S/C31H36F2N2O3/c1-8-19(3)18-35-23-17-22(32)24(14-20(23)15-27(35)29(4,5)9-2)34(7)28(36)31(12-13-31)21-10-11-25-26(16-21)38-30(6,33)37-25/h10-11,14-17H,3,8-9,12-13,18H2,1-2,4-7H3. The minimum atomic E-state index is -2.23. The van der Waals surface area contributed by atoms with Gasteiger partial charge in [-0.2, -0.15) is 4.39 Å². The van der Waals surface area contributed by atoms with E-state index in [1.807, 2.05) is 0 Å². The Kier molecular flexibility index (Phi) is 6.12. The molecular formula is C31H36F2N2O3. The van der Waals surface area contributed by atoms with E-state index in [1.165, 1.54) is 17.9 Å². The number of nitrogens with zero attached hydrogens (tertiary/aromatic N) is 2. The van der Waals surface area contributed by atoms with Gasteiger partial charge in [-0.3, -0.25) is 4.79 Å². The van der Waals surface area contributed by atoms with Gasteiger partial charge in [0, 0.05) is 43.1 Å². The number of allylic oxidation sites excluding steroid dienone is 1. The van der Waals surface area contributed by atoms with Crippen LogP contribution in [0.3, 0.4) is 0 Å². The number of fused-ring (bicyclic) bond motifs is 2. The number of alkyl halides is 1. The second kappa shape index (κ2) is 8.85. The summed E-state index contributed by atoms with van der Waals surface area (Å²) in [5.41, 5.74) is 3.02. The second-order valence-electron chi connectivity index (χ2n) is 11.5. The number of anilines is 1. The van der Waals surface area contributed by atoms with Crippen molar-refractivity contribution in [2.24, 2.45) is 0 Å². The minimum absolute atomic E-state index is 0.113. The Morgan fingerprint density at radius 2 is 1.82 bits per heavy atom. The van der Waals surface area contributed by atoms with Gasteiger partial charge in [0.2, 0.25) is 5.91 Å². The first-order valence-corrected chi connectivity index (χ1v) is 13.3. The number of carbonyl (C=O) groups excluding carboxylic acids is 1. The number of benzene rings is 2. The van der Waals surface area contributed by atoms with Crippen LogP contribution in [0, 0.1) is 5.82 Å². The number of halogens is 2. The number of ether oxygens (including phenoxy) is 2. The van der Waals surface area contributed by atoms with E-state index in [9.17, 15) is 9.18 Å². The molecule has 1 aliphatic carbocycles. The smallest absolute Gasteiger partial charge is 0.404 e. The molecule has 1 fully saturated rings. The van der Waals surface area contributed by atoms with Crippen LogP contribution in [0.1, 0.15) is 71.6 Å². The summed E-state index contributed by atoms with van der Waals surface area (Å²) in [6.07, 6.45) is 3.01. The topological polar surface area (TPSA) is 43.7 Å². The highest BCUT2D eigenvalue weighted by Gasteiger charge is 2.53. The molecule has 202 valence electrons. The molecule has 1 unspecified atom stereocenters. The third kappa shape index (κ3) is 4.26. The highest BCUT2D eigenvalue weighted by molar-refractivity contribution is 6.04. The lowest BCUT2D eigenvalue weighted by atomic mass is 9.86. The van der Waals surface area contributed by atoms with Crippen molar-refractivity contribution in [1.82, 2.24) is 4.57 Å². The van der Waals surface area contributed by atoms with Crippen LogP contribution in [0.2, 0.25) is 0 Å². The number of aromatic nitrogens is 1. The van der Waals surface area contributed by atoms with Gasteiger partial charge in [0.15, 0.2) is 11.5 Å². The Balaban J connectivity index is 1.51. The molecule has 5 nitrogen and oxygen atoms in total. The first kappa shape index (κ1) is 26.3. The van der Waals surface area contributed by atoms with E-state index in [2.05, 4.69) is 44.9 Å². The predicted octanol–water partition coefficient (Wildman–Crippen LogP) is 7.54. The van der Waals surface area contributed by atoms with Crippen molar-refractivity contribution in [1.29, 1.82) is 0 Å². The monoisotopic (exact) mass is 522 g/mol. The van der Waals surface area contributed by atoms with Crippen LogP contribution in [0.5, 0.6) is 11.5 Å². The molecular weight excluding hydrogens is 486 g/mol. The molecule has 2 aromatic carbocycles. The van der Waals surface area contributed by atoms with Gasteiger partial charge >= 0.3 is 6.04 Å². The average molecular weight is 523 g/mol. The molecule has 0 saturated heterocycles.